The van der Waals surface area contributed by atoms with Crippen molar-refractivity contribution in [2.45, 2.75) is 38.7 Å². The molecular weight excluding hydrogens is 349 g/mol. The Kier molecular flexibility index (Phi) is 5.51. The number of amides is 1. The van der Waals surface area contributed by atoms with Crippen LogP contribution in [0.4, 0.5) is 4.39 Å². The summed E-state index contributed by atoms with van der Waals surface area (Å²) in [6.07, 6.45) is 2.47. The summed E-state index contributed by atoms with van der Waals surface area (Å²) in [5.74, 6) is 0.258. The van der Waals surface area contributed by atoms with E-state index >= 15 is 0 Å². The minimum Gasteiger partial charge on any atom is -0.497 e. The second-order valence-corrected chi connectivity index (χ2v) is 7.76. The number of H-pyrrole nitrogens is 1. The molecule has 0 bridgehead atoms. The van der Waals surface area contributed by atoms with Crippen LogP contribution in [-0.4, -0.2) is 51.9 Å². The van der Waals surface area contributed by atoms with Gasteiger partial charge in [0.15, 0.2) is 0 Å². The van der Waals surface area contributed by atoms with Crippen LogP contribution in [0.5, 0.6) is 5.75 Å². The highest BCUT2D eigenvalue weighted by Gasteiger charge is 2.28. The van der Waals surface area contributed by atoms with Crippen LogP contribution >= 0.6 is 0 Å². The topological polar surface area (TPSA) is 78.5 Å². The molecule has 1 amide bonds. The highest BCUT2D eigenvalue weighted by molar-refractivity contribution is 5.93. The molecule has 0 aliphatic carbocycles. The second kappa shape index (κ2) is 7.68. The number of carbonyl (C=O) groups is 1. The van der Waals surface area contributed by atoms with Crippen molar-refractivity contribution in [1.29, 1.82) is 0 Å². The van der Waals surface area contributed by atoms with Gasteiger partial charge in [0, 0.05) is 24.7 Å². The number of hydrogen-bond acceptors (Lipinski definition) is 4. The number of aromatic nitrogens is 2. The molecule has 1 aliphatic heterocycles. The molecule has 1 fully saturated rings. The lowest BCUT2D eigenvalue weighted by Gasteiger charge is -2.34. The van der Waals surface area contributed by atoms with E-state index in [4.69, 9.17) is 4.74 Å². The molecular formula is C20H26FN3O3. The summed E-state index contributed by atoms with van der Waals surface area (Å²) in [6, 6.07) is 6.11. The number of rotatable bonds is 5. The molecule has 2 aromatic rings. The number of aliphatic hydroxyl groups is 1. The zero-order valence-corrected chi connectivity index (χ0v) is 16.0. The van der Waals surface area contributed by atoms with Gasteiger partial charge in [-0.15, -0.1) is 0 Å². The normalized spacial score (nSPS) is 15.8. The average molecular weight is 375 g/mol. The van der Waals surface area contributed by atoms with Gasteiger partial charge in [-0.2, -0.15) is 5.10 Å². The van der Waals surface area contributed by atoms with Gasteiger partial charge in [-0.05, 0) is 57.2 Å². The number of nitrogens with one attached hydrogen (secondary N) is 1. The average Bonchev–Trinajstić information content (AvgIpc) is 3.10. The second-order valence-electron chi connectivity index (χ2n) is 7.76. The van der Waals surface area contributed by atoms with Gasteiger partial charge in [0.1, 0.15) is 17.3 Å². The largest absolute Gasteiger partial charge is 0.497 e. The molecule has 0 atom stereocenters. The van der Waals surface area contributed by atoms with E-state index in [9.17, 15) is 14.3 Å². The Balaban J connectivity index is 1.66. The maximum Gasteiger partial charge on any atom is 0.271 e. The standard InChI is InChI=1S/C20H26FN3O3/c1-20(2,26)12-13-6-8-24(9-7-13)19(25)18-11-17(22-23-18)15-5-4-14(27-3)10-16(15)21/h4-5,10-11,13,26H,6-9,12H2,1-3H3,(H,22,23). The first-order valence-corrected chi connectivity index (χ1v) is 9.18. The summed E-state index contributed by atoms with van der Waals surface area (Å²) in [5.41, 5.74) is 0.365. The third-order valence-corrected chi connectivity index (χ3v) is 4.95. The molecule has 1 aromatic carbocycles. The van der Waals surface area contributed by atoms with Crippen molar-refractivity contribution in [1.82, 2.24) is 15.1 Å². The number of methoxy groups -OCH3 is 1. The Bertz CT molecular complexity index is 805. The number of carbonyl (C=O) groups excluding carboxylic acids is 1. The van der Waals surface area contributed by atoms with Crippen LogP contribution in [0.1, 0.15) is 43.6 Å². The smallest absolute Gasteiger partial charge is 0.271 e. The van der Waals surface area contributed by atoms with Crippen molar-refractivity contribution in [2.75, 3.05) is 20.2 Å². The molecule has 3 rings (SSSR count). The highest BCUT2D eigenvalue weighted by Crippen LogP contribution is 2.28. The Morgan fingerprint density at radius 3 is 2.67 bits per heavy atom. The van der Waals surface area contributed by atoms with Crippen molar-refractivity contribution in [3.05, 3.63) is 35.8 Å². The zero-order chi connectivity index (χ0) is 19.6. The lowest BCUT2D eigenvalue weighted by Crippen LogP contribution is -2.40. The Morgan fingerprint density at radius 2 is 2.07 bits per heavy atom. The fourth-order valence-corrected chi connectivity index (χ4v) is 3.62. The lowest BCUT2D eigenvalue weighted by atomic mass is 9.86. The monoisotopic (exact) mass is 375 g/mol. The van der Waals surface area contributed by atoms with E-state index in [1.54, 1.807) is 23.1 Å². The summed E-state index contributed by atoms with van der Waals surface area (Å²) in [5, 5.41) is 16.8. The number of likely N-dealkylation sites (tertiary alicyclic amines) is 1. The fourth-order valence-electron chi connectivity index (χ4n) is 3.62. The Hall–Kier alpha value is -2.41. The number of ether oxygens (including phenoxy) is 1. The van der Waals surface area contributed by atoms with E-state index in [0.29, 0.717) is 41.7 Å². The molecule has 0 spiro atoms. The van der Waals surface area contributed by atoms with E-state index in [0.717, 1.165) is 19.3 Å². The van der Waals surface area contributed by atoms with Gasteiger partial charge in [-0.1, -0.05) is 0 Å². The molecule has 7 heteroatoms. The van der Waals surface area contributed by atoms with Crippen LogP contribution in [0.2, 0.25) is 0 Å². The predicted molar refractivity (Wildman–Crippen MR) is 100 cm³/mol. The number of halogens is 1. The SMILES string of the molecule is COc1ccc(-c2cc(C(=O)N3CCC(CC(C)(C)O)CC3)[nH]n2)c(F)c1. The van der Waals surface area contributed by atoms with Crippen molar-refractivity contribution < 1.29 is 19.0 Å². The molecule has 2 heterocycles. The van der Waals surface area contributed by atoms with Gasteiger partial charge in [0.2, 0.25) is 0 Å². The first kappa shape index (κ1) is 19.4. The van der Waals surface area contributed by atoms with Crippen LogP contribution in [0.15, 0.2) is 24.3 Å². The molecule has 0 unspecified atom stereocenters. The Labute approximate surface area is 158 Å². The number of piperidine rings is 1. The third-order valence-electron chi connectivity index (χ3n) is 4.95. The molecule has 0 saturated carbocycles. The highest BCUT2D eigenvalue weighted by atomic mass is 19.1. The van der Waals surface area contributed by atoms with Gasteiger partial charge in [0.05, 0.1) is 18.4 Å². The van der Waals surface area contributed by atoms with Gasteiger partial charge in [-0.3, -0.25) is 9.89 Å². The van der Waals surface area contributed by atoms with E-state index in [1.807, 2.05) is 13.8 Å². The minimum absolute atomic E-state index is 0.135. The van der Waals surface area contributed by atoms with Crippen LogP contribution in [-0.2, 0) is 0 Å². The van der Waals surface area contributed by atoms with Gasteiger partial charge < -0.3 is 14.7 Å². The summed E-state index contributed by atoms with van der Waals surface area (Å²) in [4.78, 5) is 14.5. The molecule has 1 aliphatic rings. The molecule has 1 aromatic heterocycles. The molecule has 1 saturated heterocycles. The van der Waals surface area contributed by atoms with Crippen molar-refractivity contribution >= 4 is 5.91 Å². The Morgan fingerprint density at radius 1 is 1.37 bits per heavy atom. The quantitative estimate of drug-likeness (QED) is 0.841. The van der Waals surface area contributed by atoms with E-state index in [-0.39, 0.29) is 5.91 Å². The molecule has 146 valence electrons. The summed E-state index contributed by atoms with van der Waals surface area (Å²) in [7, 11) is 1.48. The van der Waals surface area contributed by atoms with Crippen molar-refractivity contribution in [3.63, 3.8) is 0 Å². The van der Waals surface area contributed by atoms with Crippen LogP contribution in [0, 0.1) is 11.7 Å². The van der Waals surface area contributed by atoms with E-state index in [2.05, 4.69) is 10.2 Å². The number of nitrogens with zero attached hydrogens (tertiary/aromatic N) is 2. The number of benzene rings is 1. The van der Waals surface area contributed by atoms with Gasteiger partial charge >= 0.3 is 0 Å². The maximum atomic E-state index is 14.2. The lowest BCUT2D eigenvalue weighted by molar-refractivity contribution is 0.0357. The summed E-state index contributed by atoms with van der Waals surface area (Å²) >= 11 is 0. The van der Waals surface area contributed by atoms with Crippen LogP contribution < -0.4 is 4.74 Å². The maximum absolute atomic E-state index is 14.2. The molecule has 0 radical (unpaired) electrons. The fraction of sp³-hybridized carbons (Fsp3) is 0.500. The van der Waals surface area contributed by atoms with Gasteiger partial charge in [-0.25, -0.2) is 4.39 Å². The molecule has 6 nitrogen and oxygen atoms in total. The van der Waals surface area contributed by atoms with Crippen molar-refractivity contribution in [2.24, 2.45) is 5.92 Å². The molecule has 27 heavy (non-hydrogen) atoms. The van der Waals surface area contributed by atoms with Gasteiger partial charge in [0.25, 0.3) is 5.91 Å². The predicted octanol–water partition coefficient (Wildman–Crippen LogP) is 3.24. The molecule has 2 N–H and O–H groups in total. The third kappa shape index (κ3) is 4.66. The van der Waals surface area contributed by atoms with E-state index in [1.165, 1.54) is 13.2 Å². The number of hydrogen-bond donors (Lipinski definition) is 2. The van der Waals surface area contributed by atoms with Crippen molar-refractivity contribution in [3.8, 4) is 17.0 Å². The number of aromatic amines is 1. The summed E-state index contributed by atoms with van der Waals surface area (Å²) in [6.45, 7) is 4.92. The first-order valence-electron chi connectivity index (χ1n) is 9.18. The zero-order valence-electron chi connectivity index (χ0n) is 16.0. The minimum atomic E-state index is -0.683. The van der Waals surface area contributed by atoms with E-state index < -0.39 is 11.4 Å². The van der Waals surface area contributed by atoms with Crippen LogP contribution in [0.25, 0.3) is 11.3 Å². The summed E-state index contributed by atoms with van der Waals surface area (Å²) < 4.78 is 19.2. The van der Waals surface area contributed by atoms with Crippen LogP contribution in [0.3, 0.4) is 0 Å². The first-order chi connectivity index (χ1) is 12.8.